The first-order chi connectivity index (χ1) is 8.56. The number of hydrogen-bond acceptors (Lipinski definition) is 2. The molecule has 0 unspecified atom stereocenters. The highest BCUT2D eigenvalue weighted by atomic mass is 79.9. The van der Waals surface area contributed by atoms with Gasteiger partial charge in [-0.25, -0.2) is 0 Å². The summed E-state index contributed by atoms with van der Waals surface area (Å²) < 4.78 is 0.895. The zero-order valence-corrected chi connectivity index (χ0v) is 12.3. The smallest absolute Gasteiger partial charge is 0.105 e. The van der Waals surface area contributed by atoms with Gasteiger partial charge in [-0.2, -0.15) is 0 Å². The van der Waals surface area contributed by atoms with Crippen molar-refractivity contribution < 1.29 is 0 Å². The highest BCUT2D eigenvalue weighted by Crippen LogP contribution is 2.24. The Bertz CT molecular complexity index is 579. The molecule has 2 rings (SSSR count). The summed E-state index contributed by atoms with van der Waals surface area (Å²) in [6, 6.07) is 14.1. The Morgan fingerprint density at radius 2 is 1.72 bits per heavy atom. The van der Waals surface area contributed by atoms with E-state index >= 15 is 0 Å². The molecule has 0 heterocycles. The second-order valence-corrected chi connectivity index (χ2v) is 5.34. The lowest BCUT2D eigenvalue weighted by Crippen LogP contribution is -2.10. The minimum atomic E-state index is 0.392. The molecule has 0 saturated carbocycles. The van der Waals surface area contributed by atoms with Crippen molar-refractivity contribution in [3.63, 3.8) is 0 Å². The first kappa shape index (κ1) is 13.1. The van der Waals surface area contributed by atoms with Gasteiger partial charge in [0.25, 0.3) is 0 Å². The molecule has 0 radical (unpaired) electrons. The van der Waals surface area contributed by atoms with Crippen molar-refractivity contribution in [3.05, 3.63) is 58.1 Å². The highest BCUT2D eigenvalue weighted by Gasteiger charge is 2.04. The lowest BCUT2D eigenvalue weighted by molar-refractivity contribution is 1.45. The Morgan fingerprint density at radius 1 is 1.11 bits per heavy atom. The van der Waals surface area contributed by atoms with Crippen molar-refractivity contribution in [2.24, 2.45) is 5.73 Å². The van der Waals surface area contributed by atoms with Gasteiger partial charge < -0.3 is 11.1 Å². The zero-order valence-electron chi connectivity index (χ0n) is 9.91. The topological polar surface area (TPSA) is 38.0 Å². The van der Waals surface area contributed by atoms with Gasteiger partial charge in [-0.3, -0.25) is 0 Å². The Labute approximate surface area is 120 Å². The Morgan fingerprint density at radius 3 is 2.28 bits per heavy atom. The highest BCUT2D eigenvalue weighted by molar-refractivity contribution is 9.10. The Kier molecular flexibility index (Phi) is 3.99. The number of thiocarbonyl (C=S) groups is 1. The summed E-state index contributed by atoms with van der Waals surface area (Å²) >= 11 is 8.43. The third kappa shape index (κ3) is 3.09. The third-order valence-electron chi connectivity index (χ3n) is 2.57. The van der Waals surface area contributed by atoms with Crippen LogP contribution in [-0.2, 0) is 0 Å². The van der Waals surface area contributed by atoms with Gasteiger partial charge in [0.2, 0.25) is 0 Å². The fourth-order valence-electron chi connectivity index (χ4n) is 1.60. The summed E-state index contributed by atoms with van der Waals surface area (Å²) in [7, 11) is 0. The van der Waals surface area contributed by atoms with Crippen molar-refractivity contribution in [1.82, 2.24) is 0 Å². The average molecular weight is 321 g/mol. The van der Waals surface area contributed by atoms with Gasteiger partial charge in [-0.15, -0.1) is 0 Å². The molecule has 0 saturated heterocycles. The van der Waals surface area contributed by atoms with E-state index in [1.807, 2.05) is 30.3 Å². The van der Waals surface area contributed by atoms with Crippen LogP contribution in [-0.4, -0.2) is 4.99 Å². The lowest BCUT2D eigenvalue weighted by atomic mass is 10.2. The van der Waals surface area contributed by atoms with Crippen molar-refractivity contribution in [1.29, 1.82) is 0 Å². The number of nitrogens with two attached hydrogens (primary N) is 1. The van der Waals surface area contributed by atoms with Gasteiger partial charge in [-0.1, -0.05) is 29.9 Å². The molecule has 0 fully saturated rings. The molecule has 0 aliphatic heterocycles. The summed E-state index contributed by atoms with van der Waals surface area (Å²) in [6.07, 6.45) is 0. The average Bonchev–Trinajstić information content (AvgIpc) is 2.32. The van der Waals surface area contributed by atoms with Crippen LogP contribution in [0.25, 0.3) is 0 Å². The van der Waals surface area contributed by atoms with E-state index in [-0.39, 0.29) is 0 Å². The van der Waals surface area contributed by atoms with Crippen LogP contribution < -0.4 is 11.1 Å². The molecule has 0 aliphatic carbocycles. The van der Waals surface area contributed by atoms with E-state index < -0.39 is 0 Å². The van der Waals surface area contributed by atoms with E-state index in [1.165, 1.54) is 5.56 Å². The molecule has 0 aromatic heterocycles. The van der Waals surface area contributed by atoms with E-state index in [9.17, 15) is 0 Å². The van der Waals surface area contributed by atoms with Gasteiger partial charge in [-0.05, 0) is 53.2 Å². The molecule has 18 heavy (non-hydrogen) atoms. The second-order valence-electron chi connectivity index (χ2n) is 4.05. The second kappa shape index (κ2) is 5.50. The van der Waals surface area contributed by atoms with Crippen LogP contribution in [0.4, 0.5) is 11.4 Å². The molecule has 3 N–H and O–H groups in total. The van der Waals surface area contributed by atoms with Crippen LogP contribution in [0.3, 0.4) is 0 Å². The molecule has 0 aliphatic rings. The number of benzene rings is 2. The Balaban J connectivity index is 2.22. The van der Waals surface area contributed by atoms with E-state index in [0.717, 1.165) is 21.4 Å². The maximum absolute atomic E-state index is 5.61. The van der Waals surface area contributed by atoms with Gasteiger partial charge >= 0.3 is 0 Å². The van der Waals surface area contributed by atoms with Crippen molar-refractivity contribution in [2.75, 3.05) is 5.32 Å². The van der Waals surface area contributed by atoms with Crippen LogP contribution in [0.2, 0.25) is 0 Å². The van der Waals surface area contributed by atoms with Crippen molar-refractivity contribution in [2.45, 2.75) is 6.92 Å². The summed E-state index contributed by atoms with van der Waals surface area (Å²) in [5.74, 6) is 0. The maximum atomic E-state index is 5.61. The van der Waals surface area contributed by atoms with Crippen LogP contribution in [0.15, 0.2) is 46.9 Å². The molecule has 0 atom stereocenters. The third-order valence-corrected chi connectivity index (χ3v) is 3.45. The molecule has 0 spiro atoms. The number of halogens is 1. The van der Waals surface area contributed by atoms with Crippen molar-refractivity contribution >= 4 is 44.5 Å². The number of hydrogen-bond donors (Lipinski definition) is 2. The van der Waals surface area contributed by atoms with Crippen LogP contribution >= 0.6 is 28.1 Å². The zero-order chi connectivity index (χ0) is 13.1. The van der Waals surface area contributed by atoms with E-state index in [2.05, 4.69) is 40.3 Å². The summed E-state index contributed by atoms with van der Waals surface area (Å²) in [4.78, 5) is 0.392. The van der Waals surface area contributed by atoms with E-state index in [4.69, 9.17) is 18.0 Å². The lowest BCUT2D eigenvalue weighted by Gasteiger charge is -2.09. The van der Waals surface area contributed by atoms with Crippen LogP contribution in [0, 0.1) is 6.92 Å². The molecular weight excluding hydrogens is 308 g/mol. The minimum absolute atomic E-state index is 0.392. The van der Waals surface area contributed by atoms with Crippen LogP contribution in [0.1, 0.15) is 11.1 Å². The van der Waals surface area contributed by atoms with Crippen molar-refractivity contribution in [3.8, 4) is 0 Å². The first-order valence-corrected chi connectivity index (χ1v) is 6.69. The number of anilines is 2. The Hall–Kier alpha value is -1.39. The quantitative estimate of drug-likeness (QED) is 0.835. The molecule has 2 nitrogen and oxygen atoms in total. The van der Waals surface area contributed by atoms with Gasteiger partial charge in [0, 0.05) is 21.4 Å². The molecule has 2 aromatic rings. The molecule has 92 valence electrons. The van der Waals surface area contributed by atoms with E-state index in [1.54, 1.807) is 0 Å². The normalized spacial score (nSPS) is 10.1. The summed E-state index contributed by atoms with van der Waals surface area (Å²) in [5.41, 5.74) is 9.75. The summed E-state index contributed by atoms with van der Waals surface area (Å²) in [5, 5.41) is 3.32. The SMILES string of the molecule is Cc1ccc(Nc2ccc(C(N)=S)c(Br)c2)cc1. The van der Waals surface area contributed by atoms with Gasteiger partial charge in [0.15, 0.2) is 0 Å². The largest absolute Gasteiger partial charge is 0.389 e. The predicted octanol–water partition coefficient (Wildman–Crippen LogP) is 4.14. The number of nitrogens with one attached hydrogen (secondary N) is 1. The predicted molar refractivity (Wildman–Crippen MR) is 84.5 cm³/mol. The number of aryl methyl sites for hydroxylation is 1. The molecule has 2 aromatic carbocycles. The molecule has 0 amide bonds. The van der Waals surface area contributed by atoms with Crippen LogP contribution in [0.5, 0.6) is 0 Å². The monoisotopic (exact) mass is 320 g/mol. The summed E-state index contributed by atoms with van der Waals surface area (Å²) in [6.45, 7) is 2.07. The molecule has 4 heteroatoms. The fraction of sp³-hybridized carbons (Fsp3) is 0.0714. The number of rotatable bonds is 3. The van der Waals surface area contributed by atoms with Gasteiger partial charge in [0.05, 0.1) is 0 Å². The standard InChI is InChI=1S/C14H13BrN2S/c1-9-2-4-10(5-3-9)17-11-6-7-12(14(16)18)13(15)8-11/h2-8,17H,1H3,(H2,16,18). The first-order valence-electron chi connectivity index (χ1n) is 5.49. The maximum Gasteiger partial charge on any atom is 0.105 e. The molecular formula is C14H13BrN2S. The molecule has 0 bridgehead atoms. The van der Waals surface area contributed by atoms with Gasteiger partial charge in [0.1, 0.15) is 4.99 Å². The fourth-order valence-corrected chi connectivity index (χ4v) is 2.50. The minimum Gasteiger partial charge on any atom is -0.389 e. The van der Waals surface area contributed by atoms with E-state index in [0.29, 0.717) is 4.99 Å².